The van der Waals surface area contributed by atoms with Crippen LogP contribution >= 0.6 is 0 Å². The summed E-state index contributed by atoms with van der Waals surface area (Å²) in [4.78, 5) is 0. The van der Waals surface area contributed by atoms with Crippen LogP contribution in [-0.4, -0.2) is 51.4 Å². The van der Waals surface area contributed by atoms with Gasteiger partial charge in [0.05, 0.1) is 12.2 Å². The predicted molar refractivity (Wildman–Crippen MR) is 38.8 cm³/mol. The van der Waals surface area contributed by atoms with Crippen molar-refractivity contribution in [2.75, 3.05) is 6.54 Å². The van der Waals surface area contributed by atoms with Crippen LogP contribution < -0.4 is 5.73 Å². The van der Waals surface area contributed by atoms with Crippen molar-refractivity contribution in [2.45, 2.75) is 31.3 Å². The summed E-state index contributed by atoms with van der Waals surface area (Å²) in [5.74, 6) is 0. The topological polar surface area (TPSA) is 107 Å². The lowest BCUT2D eigenvalue weighted by molar-refractivity contribution is -0.0969. The van der Waals surface area contributed by atoms with Gasteiger partial charge in [-0.2, -0.15) is 0 Å². The normalized spacial score (nSPS) is 22.4. The first kappa shape index (κ1) is 10.8. The number of rotatable bonds is 4. The van der Waals surface area contributed by atoms with Gasteiger partial charge in [-0.15, -0.1) is 0 Å². The standard InChI is InChI=1S/C6H15NO4/c1-3(8)5(10)6(11)4(9)2-7/h3-6,8-11H,2,7H2,1H3/t3-,4+,5-,6-/m1/s1. The molecule has 68 valence electrons. The molecule has 0 saturated heterocycles. The lowest BCUT2D eigenvalue weighted by Crippen LogP contribution is -2.46. The molecule has 0 rings (SSSR count). The molecule has 0 aliphatic heterocycles. The highest BCUT2D eigenvalue weighted by Gasteiger charge is 2.26. The molecule has 0 aliphatic carbocycles. The van der Waals surface area contributed by atoms with Crippen molar-refractivity contribution < 1.29 is 20.4 Å². The van der Waals surface area contributed by atoms with Gasteiger partial charge < -0.3 is 26.2 Å². The number of nitrogens with two attached hydrogens (primary N) is 1. The van der Waals surface area contributed by atoms with E-state index in [1.807, 2.05) is 0 Å². The average Bonchev–Trinajstić information content (AvgIpc) is 2.00. The molecule has 0 amide bonds. The van der Waals surface area contributed by atoms with Gasteiger partial charge in [0.1, 0.15) is 12.2 Å². The van der Waals surface area contributed by atoms with E-state index in [0.29, 0.717) is 0 Å². The van der Waals surface area contributed by atoms with Gasteiger partial charge in [-0.05, 0) is 6.92 Å². The third-order valence-electron chi connectivity index (χ3n) is 1.48. The first-order chi connectivity index (χ1) is 5.00. The van der Waals surface area contributed by atoms with E-state index >= 15 is 0 Å². The molecule has 0 fully saturated rings. The van der Waals surface area contributed by atoms with E-state index in [1.54, 1.807) is 0 Å². The second-order valence-electron chi connectivity index (χ2n) is 2.52. The quantitative estimate of drug-likeness (QED) is 0.314. The summed E-state index contributed by atoms with van der Waals surface area (Å²) in [5, 5.41) is 35.7. The Morgan fingerprint density at radius 1 is 1.09 bits per heavy atom. The Balaban J connectivity index is 3.90. The number of hydrogen-bond donors (Lipinski definition) is 5. The van der Waals surface area contributed by atoms with Crippen molar-refractivity contribution >= 4 is 0 Å². The molecule has 0 aromatic heterocycles. The molecule has 0 bridgehead atoms. The van der Waals surface area contributed by atoms with Gasteiger partial charge in [0.15, 0.2) is 0 Å². The Bertz CT molecular complexity index is 109. The molecule has 0 aromatic rings. The molecule has 0 spiro atoms. The van der Waals surface area contributed by atoms with Crippen LogP contribution in [0.5, 0.6) is 0 Å². The molecular formula is C6H15NO4. The van der Waals surface area contributed by atoms with Crippen LogP contribution in [0.3, 0.4) is 0 Å². The molecule has 0 unspecified atom stereocenters. The van der Waals surface area contributed by atoms with E-state index < -0.39 is 24.4 Å². The summed E-state index contributed by atoms with van der Waals surface area (Å²) in [6.07, 6.45) is -5.01. The highest BCUT2D eigenvalue weighted by atomic mass is 16.4. The molecule has 11 heavy (non-hydrogen) atoms. The number of aliphatic hydroxyl groups excluding tert-OH is 4. The summed E-state index contributed by atoms with van der Waals surface area (Å²) in [5.41, 5.74) is 5.01. The maximum absolute atomic E-state index is 9.02. The Hall–Kier alpha value is -0.200. The third-order valence-corrected chi connectivity index (χ3v) is 1.48. The van der Waals surface area contributed by atoms with Gasteiger partial charge in [-0.3, -0.25) is 0 Å². The van der Waals surface area contributed by atoms with Crippen molar-refractivity contribution in [3.05, 3.63) is 0 Å². The predicted octanol–water partition coefficient (Wildman–Crippen LogP) is -2.59. The highest BCUT2D eigenvalue weighted by molar-refractivity contribution is 4.78. The largest absolute Gasteiger partial charge is 0.391 e. The number of hydrogen-bond acceptors (Lipinski definition) is 5. The van der Waals surface area contributed by atoms with Crippen LogP contribution in [0.2, 0.25) is 0 Å². The summed E-state index contributed by atoms with van der Waals surface area (Å²) in [6.45, 7) is 1.17. The average molecular weight is 165 g/mol. The summed E-state index contributed by atoms with van der Waals surface area (Å²) in [7, 11) is 0. The van der Waals surface area contributed by atoms with Crippen molar-refractivity contribution in [1.29, 1.82) is 0 Å². The van der Waals surface area contributed by atoms with Crippen LogP contribution in [-0.2, 0) is 0 Å². The summed E-state index contributed by atoms with van der Waals surface area (Å²) >= 11 is 0. The summed E-state index contributed by atoms with van der Waals surface area (Å²) in [6, 6.07) is 0. The fourth-order valence-corrected chi connectivity index (χ4v) is 0.652. The fraction of sp³-hybridized carbons (Fsp3) is 1.00. The Kier molecular flexibility index (Phi) is 4.55. The second kappa shape index (κ2) is 4.63. The molecule has 0 aromatic carbocycles. The molecular weight excluding hydrogens is 150 g/mol. The third kappa shape index (κ3) is 3.13. The Morgan fingerprint density at radius 2 is 1.55 bits per heavy atom. The second-order valence-corrected chi connectivity index (χ2v) is 2.52. The van der Waals surface area contributed by atoms with E-state index in [2.05, 4.69) is 0 Å². The lowest BCUT2D eigenvalue weighted by atomic mass is 10.0. The van der Waals surface area contributed by atoms with Gasteiger partial charge >= 0.3 is 0 Å². The smallest absolute Gasteiger partial charge is 0.109 e. The fourth-order valence-electron chi connectivity index (χ4n) is 0.652. The SMILES string of the molecule is C[C@@H](O)[C@@H](O)[C@H](O)[C@@H](O)CN. The maximum Gasteiger partial charge on any atom is 0.109 e. The van der Waals surface area contributed by atoms with Gasteiger partial charge in [0.2, 0.25) is 0 Å². The van der Waals surface area contributed by atoms with Crippen LogP contribution in [0, 0.1) is 0 Å². The zero-order valence-corrected chi connectivity index (χ0v) is 6.38. The molecule has 0 saturated carbocycles. The van der Waals surface area contributed by atoms with Crippen LogP contribution in [0.4, 0.5) is 0 Å². The van der Waals surface area contributed by atoms with Crippen molar-refractivity contribution in [1.82, 2.24) is 0 Å². The zero-order valence-electron chi connectivity index (χ0n) is 6.38. The molecule has 0 radical (unpaired) electrons. The monoisotopic (exact) mass is 165 g/mol. The lowest BCUT2D eigenvalue weighted by Gasteiger charge is -2.23. The summed E-state index contributed by atoms with van der Waals surface area (Å²) < 4.78 is 0. The molecule has 0 heterocycles. The van der Waals surface area contributed by atoms with Crippen LogP contribution in [0.15, 0.2) is 0 Å². The molecule has 0 aliphatic rings. The highest BCUT2D eigenvalue weighted by Crippen LogP contribution is 2.03. The van der Waals surface area contributed by atoms with Gasteiger partial charge in [-0.1, -0.05) is 0 Å². The zero-order chi connectivity index (χ0) is 9.02. The van der Waals surface area contributed by atoms with E-state index in [-0.39, 0.29) is 6.54 Å². The minimum absolute atomic E-state index is 0.148. The Morgan fingerprint density at radius 3 is 1.82 bits per heavy atom. The minimum Gasteiger partial charge on any atom is -0.391 e. The van der Waals surface area contributed by atoms with E-state index in [0.717, 1.165) is 0 Å². The molecule has 6 N–H and O–H groups in total. The Labute approximate surface area is 65.1 Å². The van der Waals surface area contributed by atoms with Gasteiger partial charge in [-0.25, -0.2) is 0 Å². The van der Waals surface area contributed by atoms with Crippen LogP contribution in [0.25, 0.3) is 0 Å². The molecule has 4 atom stereocenters. The first-order valence-corrected chi connectivity index (χ1v) is 3.43. The van der Waals surface area contributed by atoms with Crippen molar-refractivity contribution in [3.8, 4) is 0 Å². The van der Waals surface area contributed by atoms with E-state index in [1.165, 1.54) is 6.92 Å². The van der Waals surface area contributed by atoms with E-state index in [9.17, 15) is 0 Å². The van der Waals surface area contributed by atoms with Crippen molar-refractivity contribution in [2.24, 2.45) is 5.73 Å². The van der Waals surface area contributed by atoms with Gasteiger partial charge in [0.25, 0.3) is 0 Å². The van der Waals surface area contributed by atoms with Gasteiger partial charge in [0, 0.05) is 6.54 Å². The minimum atomic E-state index is -1.39. The number of aliphatic hydroxyl groups is 4. The maximum atomic E-state index is 9.02. The van der Waals surface area contributed by atoms with E-state index in [4.69, 9.17) is 26.2 Å². The van der Waals surface area contributed by atoms with Crippen molar-refractivity contribution in [3.63, 3.8) is 0 Å². The molecule has 5 heteroatoms. The molecule has 5 nitrogen and oxygen atoms in total. The van der Waals surface area contributed by atoms with Crippen LogP contribution in [0.1, 0.15) is 6.92 Å². The first-order valence-electron chi connectivity index (χ1n) is 3.43.